The standard InChI is InChI=1S/C15H20BrNO2/c1-14(2,3)19-13(18)15(9-11(16)10-15)12-7-5-4-6-8-17-12/h4-8,11,17H,9-10H2,1-3H3. The first-order valence-electron chi connectivity index (χ1n) is 6.51. The maximum Gasteiger partial charge on any atom is 0.318 e. The highest BCUT2D eigenvalue weighted by molar-refractivity contribution is 9.09. The Morgan fingerprint density at radius 1 is 1.37 bits per heavy atom. The smallest absolute Gasteiger partial charge is 0.318 e. The molecule has 19 heavy (non-hydrogen) atoms. The molecule has 0 aromatic carbocycles. The van der Waals surface area contributed by atoms with E-state index in [4.69, 9.17) is 4.74 Å². The van der Waals surface area contributed by atoms with E-state index in [1.165, 1.54) is 0 Å². The fourth-order valence-electron chi connectivity index (χ4n) is 2.32. The molecule has 0 saturated heterocycles. The number of nitrogens with one attached hydrogen (secondary N) is 1. The van der Waals surface area contributed by atoms with Crippen LogP contribution in [0.2, 0.25) is 0 Å². The molecule has 104 valence electrons. The van der Waals surface area contributed by atoms with E-state index in [1.54, 1.807) is 0 Å². The van der Waals surface area contributed by atoms with Crippen molar-refractivity contribution in [2.24, 2.45) is 5.41 Å². The summed E-state index contributed by atoms with van der Waals surface area (Å²) in [6.07, 6.45) is 11.1. The largest absolute Gasteiger partial charge is 0.459 e. The van der Waals surface area contributed by atoms with Crippen LogP contribution in [0.1, 0.15) is 33.6 Å². The van der Waals surface area contributed by atoms with Gasteiger partial charge in [0.1, 0.15) is 11.0 Å². The van der Waals surface area contributed by atoms with Crippen molar-refractivity contribution >= 4 is 21.9 Å². The number of hydrogen-bond donors (Lipinski definition) is 1. The molecule has 1 aliphatic carbocycles. The Hall–Kier alpha value is -1.03. The number of halogens is 1. The Labute approximate surface area is 122 Å². The zero-order chi connectivity index (χ0) is 14.1. The van der Waals surface area contributed by atoms with Crippen molar-refractivity contribution in [2.75, 3.05) is 0 Å². The van der Waals surface area contributed by atoms with Crippen LogP contribution in [-0.2, 0) is 9.53 Å². The Morgan fingerprint density at radius 3 is 2.63 bits per heavy atom. The lowest BCUT2D eigenvalue weighted by atomic mass is 9.66. The average molecular weight is 326 g/mol. The highest BCUT2D eigenvalue weighted by Gasteiger charge is 2.54. The zero-order valence-electron chi connectivity index (χ0n) is 11.6. The van der Waals surface area contributed by atoms with Crippen molar-refractivity contribution in [3.05, 3.63) is 36.2 Å². The van der Waals surface area contributed by atoms with Gasteiger partial charge < -0.3 is 10.1 Å². The molecule has 0 unspecified atom stereocenters. The van der Waals surface area contributed by atoms with Gasteiger partial charge in [-0.1, -0.05) is 28.1 Å². The predicted molar refractivity (Wildman–Crippen MR) is 79.7 cm³/mol. The van der Waals surface area contributed by atoms with Crippen molar-refractivity contribution < 1.29 is 9.53 Å². The van der Waals surface area contributed by atoms with Crippen LogP contribution in [0.3, 0.4) is 0 Å². The summed E-state index contributed by atoms with van der Waals surface area (Å²) in [7, 11) is 0. The molecule has 0 aromatic rings. The third-order valence-electron chi connectivity index (χ3n) is 3.27. The topological polar surface area (TPSA) is 38.3 Å². The van der Waals surface area contributed by atoms with Crippen LogP contribution < -0.4 is 5.32 Å². The monoisotopic (exact) mass is 325 g/mol. The first kappa shape index (κ1) is 14.4. The lowest BCUT2D eigenvalue weighted by molar-refractivity contribution is -0.169. The van der Waals surface area contributed by atoms with Gasteiger partial charge in [-0.2, -0.15) is 0 Å². The van der Waals surface area contributed by atoms with Crippen LogP contribution in [-0.4, -0.2) is 16.4 Å². The fraction of sp³-hybridized carbons (Fsp3) is 0.533. The minimum absolute atomic E-state index is 0.141. The molecule has 0 amide bonds. The van der Waals surface area contributed by atoms with E-state index < -0.39 is 11.0 Å². The molecule has 0 aromatic heterocycles. The van der Waals surface area contributed by atoms with Crippen LogP contribution in [0.5, 0.6) is 0 Å². The lowest BCUT2D eigenvalue weighted by Crippen LogP contribution is -2.51. The number of allylic oxidation sites excluding steroid dienone is 4. The highest BCUT2D eigenvalue weighted by atomic mass is 79.9. The number of carbonyl (C=O) groups excluding carboxylic acids is 1. The van der Waals surface area contributed by atoms with E-state index in [9.17, 15) is 4.79 Å². The van der Waals surface area contributed by atoms with E-state index in [0.29, 0.717) is 4.83 Å². The molecule has 1 fully saturated rings. The summed E-state index contributed by atoms with van der Waals surface area (Å²) >= 11 is 3.57. The van der Waals surface area contributed by atoms with Gasteiger partial charge in [0, 0.05) is 16.7 Å². The van der Waals surface area contributed by atoms with Crippen molar-refractivity contribution in [3.63, 3.8) is 0 Å². The molecular weight excluding hydrogens is 306 g/mol. The molecule has 1 N–H and O–H groups in total. The number of esters is 1. The van der Waals surface area contributed by atoms with E-state index in [0.717, 1.165) is 18.5 Å². The maximum atomic E-state index is 12.5. The number of hydrogen-bond acceptors (Lipinski definition) is 3. The fourth-order valence-corrected chi connectivity index (χ4v) is 3.43. The van der Waals surface area contributed by atoms with Crippen LogP contribution in [0, 0.1) is 5.41 Å². The summed E-state index contributed by atoms with van der Waals surface area (Å²) in [6, 6.07) is 0. The Kier molecular flexibility index (Phi) is 3.90. The first-order chi connectivity index (χ1) is 8.83. The highest BCUT2D eigenvalue weighted by Crippen LogP contribution is 2.51. The molecular formula is C15H20BrNO2. The molecule has 0 radical (unpaired) electrons. The van der Waals surface area contributed by atoms with Crippen LogP contribution in [0.4, 0.5) is 0 Å². The molecule has 0 atom stereocenters. The van der Waals surface area contributed by atoms with Crippen LogP contribution >= 0.6 is 15.9 Å². The number of carbonyl (C=O) groups is 1. The van der Waals surface area contributed by atoms with Gasteiger partial charge in [-0.25, -0.2) is 0 Å². The summed E-state index contributed by atoms with van der Waals surface area (Å²) < 4.78 is 5.60. The summed E-state index contributed by atoms with van der Waals surface area (Å²) in [5.74, 6) is -0.141. The van der Waals surface area contributed by atoms with Crippen LogP contribution in [0.15, 0.2) is 36.2 Å². The second-order valence-electron chi connectivity index (χ2n) is 6.06. The third-order valence-corrected chi connectivity index (χ3v) is 3.91. The Bertz CT molecular complexity index is 451. The van der Waals surface area contributed by atoms with Gasteiger partial charge >= 0.3 is 5.97 Å². The third kappa shape index (κ3) is 3.11. The normalized spacial score (nSPS) is 29.9. The minimum atomic E-state index is -0.541. The molecule has 2 aliphatic rings. The molecule has 3 nitrogen and oxygen atoms in total. The molecule has 1 aliphatic heterocycles. The van der Waals surface area contributed by atoms with Gasteiger partial charge in [-0.05, 0) is 45.8 Å². The van der Waals surface area contributed by atoms with Gasteiger partial charge in [0.05, 0.1) is 0 Å². The number of rotatable bonds is 2. The first-order valence-corrected chi connectivity index (χ1v) is 7.43. The quantitative estimate of drug-likeness (QED) is 0.624. The zero-order valence-corrected chi connectivity index (χ0v) is 13.2. The Morgan fingerprint density at radius 2 is 2.05 bits per heavy atom. The van der Waals surface area contributed by atoms with Gasteiger partial charge in [0.2, 0.25) is 0 Å². The average Bonchev–Trinajstić information content (AvgIpc) is 2.50. The minimum Gasteiger partial charge on any atom is -0.459 e. The molecule has 1 heterocycles. The Balaban J connectivity index is 2.24. The predicted octanol–water partition coefficient (Wildman–Crippen LogP) is 3.43. The molecule has 1 saturated carbocycles. The van der Waals surface area contributed by atoms with Gasteiger partial charge in [0.15, 0.2) is 0 Å². The summed E-state index contributed by atoms with van der Waals surface area (Å²) in [5.41, 5.74) is -0.0821. The van der Waals surface area contributed by atoms with E-state index in [-0.39, 0.29) is 5.97 Å². The number of alkyl halides is 1. The molecule has 2 rings (SSSR count). The summed E-state index contributed by atoms with van der Waals surface area (Å²) in [5, 5.41) is 3.21. The van der Waals surface area contributed by atoms with E-state index in [2.05, 4.69) is 21.2 Å². The van der Waals surface area contributed by atoms with E-state index in [1.807, 2.05) is 51.3 Å². The van der Waals surface area contributed by atoms with E-state index >= 15 is 0 Å². The summed E-state index contributed by atoms with van der Waals surface area (Å²) in [6.45, 7) is 5.70. The van der Waals surface area contributed by atoms with Crippen molar-refractivity contribution in [1.29, 1.82) is 0 Å². The lowest BCUT2D eigenvalue weighted by Gasteiger charge is -2.45. The molecule has 4 heteroatoms. The van der Waals surface area contributed by atoms with Gasteiger partial charge in [0.25, 0.3) is 0 Å². The van der Waals surface area contributed by atoms with Gasteiger partial charge in [-0.3, -0.25) is 4.79 Å². The number of ether oxygens (including phenoxy) is 1. The maximum absolute atomic E-state index is 12.5. The molecule has 0 bridgehead atoms. The molecule has 0 spiro atoms. The second kappa shape index (κ2) is 5.16. The van der Waals surface area contributed by atoms with Crippen molar-refractivity contribution in [2.45, 2.75) is 44.0 Å². The van der Waals surface area contributed by atoms with Gasteiger partial charge in [-0.15, -0.1) is 0 Å². The summed E-state index contributed by atoms with van der Waals surface area (Å²) in [4.78, 5) is 12.9. The SMILES string of the molecule is CC(C)(C)OC(=O)C1(C2=CC=CC=CN2)CC(Br)C1. The van der Waals surface area contributed by atoms with Crippen molar-refractivity contribution in [1.82, 2.24) is 5.32 Å². The van der Waals surface area contributed by atoms with Crippen LogP contribution in [0.25, 0.3) is 0 Å². The van der Waals surface area contributed by atoms with Crippen molar-refractivity contribution in [3.8, 4) is 0 Å². The second-order valence-corrected chi connectivity index (χ2v) is 7.35.